The average Bonchev–Trinajstić information content (AvgIpc) is 2.67. The van der Waals surface area contributed by atoms with Gasteiger partial charge in [0, 0.05) is 0 Å². The van der Waals surface area contributed by atoms with Gasteiger partial charge in [-0.1, -0.05) is 111 Å². The first-order chi connectivity index (χ1) is 13.0. The molecular formula is C25H48O2. The molecule has 0 aromatic rings. The molecule has 160 valence electrons. The van der Waals surface area contributed by atoms with Gasteiger partial charge < -0.3 is 5.11 Å². The molecule has 0 aromatic heterocycles. The maximum absolute atomic E-state index is 12.6. The molecule has 0 radical (unpaired) electrons. The summed E-state index contributed by atoms with van der Waals surface area (Å²) in [6.45, 7) is 9.11. The summed E-state index contributed by atoms with van der Waals surface area (Å²) < 4.78 is 0. The summed E-state index contributed by atoms with van der Waals surface area (Å²) in [5.74, 6) is 0.738. The van der Waals surface area contributed by atoms with Crippen LogP contribution in [0.1, 0.15) is 130 Å². The molecule has 2 heteroatoms. The van der Waals surface area contributed by atoms with Crippen LogP contribution < -0.4 is 0 Å². The molecule has 0 heterocycles. The van der Waals surface area contributed by atoms with Crippen LogP contribution in [0.5, 0.6) is 0 Å². The highest BCUT2D eigenvalue weighted by atomic mass is 16.4. The molecule has 1 aliphatic rings. The summed E-state index contributed by atoms with van der Waals surface area (Å²) in [5, 5.41) is 10.4. The Labute approximate surface area is 169 Å². The first-order valence-electron chi connectivity index (χ1n) is 12.2. The Morgan fingerprint density at radius 3 is 2.00 bits per heavy atom. The van der Waals surface area contributed by atoms with Crippen molar-refractivity contribution < 1.29 is 9.90 Å². The van der Waals surface area contributed by atoms with Crippen molar-refractivity contribution in [2.45, 2.75) is 130 Å². The molecule has 0 bridgehead atoms. The highest BCUT2D eigenvalue weighted by Gasteiger charge is 2.51. The van der Waals surface area contributed by atoms with Crippen LogP contribution in [0.4, 0.5) is 0 Å². The Bertz CT molecular complexity index is 392. The molecule has 0 aliphatic heterocycles. The minimum absolute atomic E-state index is 0.310. The topological polar surface area (TPSA) is 37.3 Å². The monoisotopic (exact) mass is 380 g/mol. The van der Waals surface area contributed by atoms with Gasteiger partial charge in [-0.3, -0.25) is 4.79 Å². The fourth-order valence-corrected chi connectivity index (χ4v) is 5.69. The molecule has 1 N–H and O–H groups in total. The summed E-state index contributed by atoms with van der Waals surface area (Å²) in [6, 6.07) is 0. The predicted molar refractivity (Wildman–Crippen MR) is 117 cm³/mol. The Balaban J connectivity index is 2.69. The van der Waals surface area contributed by atoms with Gasteiger partial charge in [0.1, 0.15) is 0 Å². The lowest BCUT2D eigenvalue weighted by Gasteiger charge is -2.48. The standard InChI is InChI=1S/C25H48O2/c1-5-7-9-11-13-17-21(3)23-19-15-16-20-25(23,24(26)27)22(4)18-14-12-10-8-6-2/h21-23H,5-20H2,1-4H3,(H,26,27). The summed E-state index contributed by atoms with van der Waals surface area (Å²) >= 11 is 0. The van der Waals surface area contributed by atoms with E-state index in [1.165, 1.54) is 77.0 Å². The molecule has 1 fully saturated rings. The molecule has 0 spiro atoms. The van der Waals surface area contributed by atoms with E-state index in [2.05, 4.69) is 27.7 Å². The second-order valence-electron chi connectivity index (χ2n) is 9.48. The molecule has 1 rings (SSSR count). The Hall–Kier alpha value is -0.530. The lowest BCUT2D eigenvalue weighted by atomic mass is 9.55. The second kappa shape index (κ2) is 13.6. The maximum Gasteiger partial charge on any atom is 0.310 e. The van der Waals surface area contributed by atoms with E-state index < -0.39 is 11.4 Å². The Morgan fingerprint density at radius 1 is 0.889 bits per heavy atom. The third-order valence-corrected chi connectivity index (χ3v) is 7.49. The van der Waals surface area contributed by atoms with Crippen molar-refractivity contribution in [2.75, 3.05) is 0 Å². The third-order valence-electron chi connectivity index (χ3n) is 7.49. The molecule has 4 unspecified atom stereocenters. The molecule has 2 nitrogen and oxygen atoms in total. The molecule has 4 atom stereocenters. The van der Waals surface area contributed by atoms with Crippen LogP contribution in [-0.2, 0) is 4.79 Å². The van der Waals surface area contributed by atoms with Gasteiger partial charge in [-0.25, -0.2) is 0 Å². The fraction of sp³-hybridized carbons (Fsp3) is 0.960. The second-order valence-corrected chi connectivity index (χ2v) is 9.48. The molecule has 1 aliphatic carbocycles. The van der Waals surface area contributed by atoms with Gasteiger partial charge in [0.25, 0.3) is 0 Å². The van der Waals surface area contributed by atoms with Crippen LogP contribution in [0.25, 0.3) is 0 Å². The summed E-state index contributed by atoms with van der Waals surface area (Å²) in [5.41, 5.74) is -0.466. The van der Waals surface area contributed by atoms with Gasteiger partial charge in [0.2, 0.25) is 0 Å². The van der Waals surface area contributed by atoms with Gasteiger partial charge in [0.15, 0.2) is 0 Å². The number of hydrogen-bond acceptors (Lipinski definition) is 1. The molecule has 0 amide bonds. The minimum atomic E-state index is -0.494. The number of carbonyl (C=O) groups is 1. The predicted octanol–water partition coefficient (Wildman–Crippen LogP) is 8.24. The van der Waals surface area contributed by atoms with Gasteiger partial charge >= 0.3 is 5.97 Å². The van der Waals surface area contributed by atoms with Crippen molar-refractivity contribution in [3.05, 3.63) is 0 Å². The summed E-state index contributed by atoms with van der Waals surface area (Å²) in [7, 11) is 0. The largest absolute Gasteiger partial charge is 0.481 e. The smallest absolute Gasteiger partial charge is 0.310 e. The zero-order chi connectivity index (χ0) is 20.1. The molecule has 0 saturated heterocycles. The summed E-state index contributed by atoms with van der Waals surface area (Å²) in [6.07, 6.45) is 19.6. The van der Waals surface area contributed by atoms with E-state index in [0.717, 1.165) is 25.7 Å². The van der Waals surface area contributed by atoms with Crippen molar-refractivity contribution in [2.24, 2.45) is 23.2 Å². The van der Waals surface area contributed by atoms with Gasteiger partial charge in [0.05, 0.1) is 5.41 Å². The van der Waals surface area contributed by atoms with E-state index in [0.29, 0.717) is 17.8 Å². The lowest BCUT2D eigenvalue weighted by Crippen LogP contribution is -2.48. The van der Waals surface area contributed by atoms with Crippen molar-refractivity contribution in [1.82, 2.24) is 0 Å². The highest BCUT2D eigenvalue weighted by molar-refractivity contribution is 5.75. The number of rotatable bonds is 15. The van der Waals surface area contributed by atoms with Crippen molar-refractivity contribution >= 4 is 5.97 Å². The molecule has 1 saturated carbocycles. The van der Waals surface area contributed by atoms with Gasteiger partial charge in [-0.05, 0) is 37.0 Å². The quantitative estimate of drug-likeness (QED) is 0.290. The van der Waals surface area contributed by atoms with Gasteiger partial charge in [-0.2, -0.15) is 0 Å². The van der Waals surface area contributed by atoms with E-state index >= 15 is 0 Å². The van der Waals surface area contributed by atoms with E-state index in [4.69, 9.17) is 0 Å². The number of carboxylic acid groups (broad SMARTS) is 1. The zero-order valence-electron chi connectivity index (χ0n) is 18.9. The fourth-order valence-electron chi connectivity index (χ4n) is 5.69. The van der Waals surface area contributed by atoms with E-state index in [9.17, 15) is 9.90 Å². The lowest BCUT2D eigenvalue weighted by molar-refractivity contribution is -0.163. The highest BCUT2D eigenvalue weighted by Crippen LogP contribution is 2.52. The Morgan fingerprint density at radius 2 is 1.44 bits per heavy atom. The van der Waals surface area contributed by atoms with E-state index in [1.54, 1.807) is 0 Å². The summed E-state index contributed by atoms with van der Waals surface area (Å²) in [4.78, 5) is 12.6. The molecule has 27 heavy (non-hydrogen) atoms. The normalized spacial score (nSPS) is 25.3. The van der Waals surface area contributed by atoms with Crippen LogP contribution in [-0.4, -0.2) is 11.1 Å². The molecular weight excluding hydrogens is 332 g/mol. The van der Waals surface area contributed by atoms with Gasteiger partial charge in [-0.15, -0.1) is 0 Å². The third kappa shape index (κ3) is 7.42. The number of carboxylic acids is 1. The molecule has 0 aromatic carbocycles. The average molecular weight is 381 g/mol. The Kier molecular flexibility index (Phi) is 12.4. The maximum atomic E-state index is 12.6. The van der Waals surface area contributed by atoms with Crippen LogP contribution in [0.2, 0.25) is 0 Å². The van der Waals surface area contributed by atoms with Crippen LogP contribution in [0, 0.1) is 23.2 Å². The van der Waals surface area contributed by atoms with Crippen molar-refractivity contribution in [3.8, 4) is 0 Å². The van der Waals surface area contributed by atoms with Crippen molar-refractivity contribution in [1.29, 1.82) is 0 Å². The van der Waals surface area contributed by atoms with Crippen LogP contribution in [0.15, 0.2) is 0 Å². The first-order valence-corrected chi connectivity index (χ1v) is 12.2. The first kappa shape index (κ1) is 24.5. The minimum Gasteiger partial charge on any atom is -0.481 e. The number of aliphatic carboxylic acids is 1. The van der Waals surface area contributed by atoms with Crippen LogP contribution in [0.3, 0.4) is 0 Å². The van der Waals surface area contributed by atoms with E-state index in [-0.39, 0.29) is 0 Å². The van der Waals surface area contributed by atoms with E-state index in [1.807, 2.05) is 0 Å². The SMILES string of the molecule is CCCCCCCC(C)C1CCCCC1(C(=O)O)C(C)CCCCCCC. The number of unbranched alkanes of at least 4 members (excludes halogenated alkanes) is 8. The zero-order valence-corrected chi connectivity index (χ0v) is 18.9. The van der Waals surface area contributed by atoms with Crippen LogP contribution >= 0.6 is 0 Å². The van der Waals surface area contributed by atoms with Crippen molar-refractivity contribution in [3.63, 3.8) is 0 Å². The number of hydrogen-bond donors (Lipinski definition) is 1.